The van der Waals surface area contributed by atoms with Crippen molar-refractivity contribution in [3.63, 3.8) is 0 Å². The van der Waals surface area contributed by atoms with E-state index in [-0.39, 0.29) is 10.6 Å². The van der Waals surface area contributed by atoms with E-state index in [1.165, 1.54) is 42.6 Å². The molecule has 0 aromatic heterocycles. The smallest absolute Gasteiger partial charge is 0.271 e. The maximum Gasteiger partial charge on any atom is 0.271 e. The molecule has 0 saturated carbocycles. The molecule has 3 aromatic rings. The second-order valence-electron chi connectivity index (χ2n) is 6.54. The Hall–Kier alpha value is -3.91. The van der Waals surface area contributed by atoms with Crippen LogP contribution in [0.25, 0.3) is 0 Å². The third-order valence-corrected chi connectivity index (χ3v) is 5.73. The molecule has 3 rings (SSSR count). The molecule has 158 valence electrons. The molecular formula is C23H21N3O4S. The summed E-state index contributed by atoms with van der Waals surface area (Å²) < 4.78 is 27.2. The summed E-state index contributed by atoms with van der Waals surface area (Å²) in [6.07, 6.45) is 3.55. The van der Waals surface area contributed by atoms with Crippen LogP contribution in [0.3, 0.4) is 0 Å². The Morgan fingerprint density at radius 3 is 2.39 bits per heavy atom. The zero-order chi connectivity index (χ0) is 22.3. The van der Waals surface area contributed by atoms with Crippen molar-refractivity contribution in [2.45, 2.75) is 11.3 Å². The molecule has 1 amide bonds. The number of nitrogens with zero attached hydrogens (tertiary/aromatic N) is 1. The summed E-state index contributed by atoms with van der Waals surface area (Å²) in [5.74, 6) is -0.397. The average molecular weight is 436 g/mol. The lowest BCUT2D eigenvalue weighted by Gasteiger charge is -2.08. The first-order valence-electron chi connectivity index (χ1n) is 9.34. The van der Waals surface area contributed by atoms with Crippen molar-refractivity contribution >= 4 is 27.8 Å². The van der Waals surface area contributed by atoms with Crippen molar-refractivity contribution in [2.75, 3.05) is 4.72 Å². The molecule has 0 saturated heterocycles. The van der Waals surface area contributed by atoms with Crippen molar-refractivity contribution in [2.24, 2.45) is 5.10 Å². The Balaban J connectivity index is 1.64. The number of carbonyl (C=O) groups is 1. The highest BCUT2D eigenvalue weighted by Crippen LogP contribution is 2.21. The van der Waals surface area contributed by atoms with Gasteiger partial charge in [-0.3, -0.25) is 9.52 Å². The molecule has 0 fully saturated rings. The van der Waals surface area contributed by atoms with Gasteiger partial charge in [-0.1, -0.05) is 36.4 Å². The molecule has 8 heteroatoms. The Morgan fingerprint density at radius 1 is 1.00 bits per heavy atom. The highest BCUT2D eigenvalue weighted by Gasteiger charge is 2.14. The van der Waals surface area contributed by atoms with Crippen LogP contribution < -0.4 is 10.1 Å². The van der Waals surface area contributed by atoms with Crippen LogP contribution in [0.5, 0.6) is 5.75 Å². The molecule has 0 radical (unpaired) electrons. The fourth-order valence-corrected chi connectivity index (χ4v) is 3.84. The van der Waals surface area contributed by atoms with Gasteiger partial charge >= 0.3 is 0 Å². The summed E-state index contributed by atoms with van der Waals surface area (Å²) in [4.78, 5) is 12.4. The number of anilines is 1. The van der Waals surface area contributed by atoms with Crippen LogP contribution in [0.2, 0.25) is 0 Å². The van der Waals surface area contributed by atoms with Gasteiger partial charge in [-0.15, -0.1) is 6.58 Å². The lowest BCUT2D eigenvalue weighted by atomic mass is 10.1. The van der Waals surface area contributed by atoms with Gasteiger partial charge in [0.1, 0.15) is 5.75 Å². The number of allylic oxidation sites excluding steroid dienone is 1. The zero-order valence-electron chi connectivity index (χ0n) is 16.5. The van der Waals surface area contributed by atoms with E-state index in [1.807, 2.05) is 0 Å². The number of phenols is 1. The third kappa shape index (κ3) is 5.58. The monoisotopic (exact) mass is 435 g/mol. The number of rotatable bonds is 8. The molecule has 7 nitrogen and oxygen atoms in total. The highest BCUT2D eigenvalue weighted by atomic mass is 32.2. The van der Waals surface area contributed by atoms with E-state index in [0.29, 0.717) is 28.8 Å². The van der Waals surface area contributed by atoms with E-state index >= 15 is 0 Å². The molecule has 0 spiro atoms. The van der Waals surface area contributed by atoms with Crippen molar-refractivity contribution in [1.82, 2.24) is 5.43 Å². The molecule has 0 aliphatic carbocycles. The predicted molar refractivity (Wildman–Crippen MR) is 121 cm³/mol. The number of nitrogens with one attached hydrogen (secondary N) is 2. The maximum atomic E-state index is 12.4. The average Bonchev–Trinajstić information content (AvgIpc) is 2.77. The van der Waals surface area contributed by atoms with Gasteiger partial charge in [0.15, 0.2) is 0 Å². The van der Waals surface area contributed by atoms with Crippen LogP contribution in [0, 0.1) is 0 Å². The zero-order valence-corrected chi connectivity index (χ0v) is 17.3. The Morgan fingerprint density at radius 2 is 1.71 bits per heavy atom. The largest absolute Gasteiger partial charge is 0.507 e. The number of aromatic hydroxyl groups is 1. The topological polar surface area (TPSA) is 108 Å². The quantitative estimate of drug-likeness (QED) is 0.285. The van der Waals surface area contributed by atoms with E-state index < -0.39 is 15.9 Å². The van der Waals surface area contributed by atoms with E-state index in [2.05, 4.69) is 21.8 Å². The van der Waals surface area contributed by atoms with Gasteiger partial charge < -0.3 is 5.11 Å². The Labute approximate surface area is 180 Å². The van der Waals surface area contributed by atoms with Crippen molar-refractivity contribution < 1.29 is 18.3 Å². The minimum atomic E-state index is -3.71. The number of benzene rings is 3. The van der Waals surface area contributed by atoms with E-state index in [4.69, 9.17) is 0 Å². The first kappa shape index (κ1) is 21.8. The maximum absolute atomic E-state index is 12.4. The van der Waals surface area contributed by atoms with E-state index in [9.17, 15) is 18.3 Å². The van der Waals surface area contributed by atoms with E-state index in [1.54, 1.807) is 42.5 Å². The SMILES string of the molecule is C=CCc1cccc(C=NNC(=O)c2ccc(NS(=O)(=O)c3ccccc3)cc2)c1O. The molecule has 0 aliphatic heterocycles. The number of phenolic OH excluding ortho intramolecular Hbond substituents is 1. The number of hydrogen-bond acceptors (Lipinski definition) is 5. The van der Waals surface area contributed by atoms with Crippen LogP contribution in [0.15, 0.2) is 95.4 Å². The molecule has 0 heterocycles. The summed E-state index contributed by atoms with van der Waals surface area (Å²) in [5, 5.41) is 14.1. The number of para-hydroxylation sites is 1. The molecule has 3 N–H and O–H groups in total. The second kappa shape index (κ2) is 9.73. The highest BCUT2D eigenvalue weighted by molar-refractivity contribution is 7.92. The lowest BCUT2D eigenvalue weighted by Crippen LogP contribution is -2.18. The van der Waals surface area contributed by atoms with Crippen LogP contribution >= 0.6 is 0 Å². The van der Waals surface area contributed by atoms with Crippen LogP contribution in [0.1, 0.15) is 21.5 Å². The number of hydrazone groups is 1. The standard InChI is InChI=1S/C23H21N3O4S/c1-2-7-17-8-6-9-19(22(17)27)16-24-25-23(28)18-12-14-20(15-13-18)26-31(29,30)21-10-4-3-5-11-21/h2-6,8-16,26-27H,1,7H2,(H,25,28). The molecular weight excluding hydrogens is 414 g/mol. The first-order chi connectivity index (χ1) is 14.9. The minimum Gasteiger partial charge on any atom is -0.507 e. The molecule has 0 unspecified atom stereocenters. The summed E-state index contributed by atoms with van der Waals surface area (Å²) in [5.41, 5.74) is 4.17. The number of amides is 1. The van der Waals surface area contributed by atoms with Crippen molar-refractivity contribution in [3.05, 3.63) is 102 Å². The van der Waals surface area contributed by atoms with Gasteiger partial charge in [0.2, 0.25) is 0 Å². The summed E-state index contributed by atoms with van der Waals surface area (Å²) in [6, 6.07) is 19.2. The predicted octanol–water partition coefficient (Wildman–Crippen LogP) is 3.69. The fourth-order valence-electron chi connectivity index (χ4n) is 2.76. The fraction of sp³-hybridized carbons (Fsp3) is 0.0435. The number of sulfonamides is 1. The lowest BCUT2D eigenvalue weighted by molar-refractivity contribution is 0.0955. The molecule has 0 bridgehead atoms. The summed E-state index contributed by atoms with van der Waals surface area (Å²) in [6.45, 7) is 3.65. The van der Waals surface area contributed by atoms with Gasteiger partial charge in [0.25, 0.3) is 15.9 Å². The summed E-state index contributed by atoms with van der Waals surface area (Å²) in [7, 11) is -3.71. The van der Waals surface area contributed by atoms with Crippen molar-refractivity contribution in [1.29, 1.82) is 0 Å². The van der Waals surface area contributed by atoms with Crippen LogP contribution in [0.4, 0.5) is 5.69 Å². The number of carbonyl (C=O) groups excluding carboxylic acids is 1. The third-order valence-electron chi connectivity index (χ3n) is 4.34. The van der Waals surface area contributed by atoms with Gasteiger partial charge in [0.05, 0.1) is 11.1 Å². The molecule has 31 heavy (non-hydrogen) atoms. The van der Waals surface area contributed by atoms with E-state index in [0.717, 1.165) is 0 Å². The Kier molecular flexibility index (Phi) is 6.84. The normalized spacial score (nSPS) is 11.2. The molecule has 0 aliphatic rings. The van der Waals surface area contributed by atoms with Gasteiger partial charge in [0, 0.05) is 16.8 Å². The van der Waals surface area contributed by atoms with Gasteiger partial charge in [-0.25, -0.2) is 13.8 Å². The summed E-state index contributed by atoms with van der Waals surface area (Å²) >= 11 is 0. The van der Waals surface area contributed by atoms with Crippen molar-refractivity contribution in [3.8, 4) is 5.75 Å². The minimum absolute atomic E-state index is 0.0791. The number of hydrogen-bond donors (Lipinski definition) is 3. The van der Waals surface area contributed by atoms with Gasteiger partial charge in [-0.2, -0.15) is 5.10 Å². The van der Waals surface area contributed by atoms with Crippen LogP contribution in [-0.4, -0.2) is 25.6 Å². The Bertz CT molecular complexity index is 1210. The first-order valence-corrected chi connectivity index (χ1v) is 10.8. The molecule has 3 aromatic carbocycles. The van der Waals surface area contributed by atoms with Crippen LogP contribution in [-0.2, 0) is 16.4 Å². The second-order valence-corrected chi connectivity index (χ2v) is 8.23. The van der Waals surface area contributed by atoms with Gasteiger partial charge in [-0.05, 0) is 54.4 Å². The molecule has 0 atom stereocenters.